The Morgan fingerprint density at radius 1 is 1.05 bits per heavy atom. The lowest BCUT2D eigenvalue weighted by Crippen LogP contribution is -2.37. The predicted molar refractivity (Wildman–Crippen MR) is 72.4 cm³/mol. The quantitative estimate of drug-likeness (QED) is 0.545. The second-order valence-electron chi connectivity index (χ2n) is 3.60. The average Bonchev–Trinajstić information content (AvgIpc) is 2.35. The number of carbonyl (C=O) groups is 4. The van der Waals surface area contributed by atoms with Crippen LogP contribution in [-0.4, -0.2) is 44.0 Å². The van der Waals surface area contributed by atoms with E-state index in [4.69, 9.17) is 0 Å². The van der Waals surface area contributed by atoms with Crippen molar-refractivity contribution in [3.05, 3.63) is 12.3 Å². The molecule has 0 heterocycles. The van der Waals surface area contributed by atoms with Gasteiger partial charge in [-0.05, 0) is 6.92 Å². The van der Waals surface area contributed by atoms with Gasteiger partial charge in [0.1, 0.15) is 11.7 Å². The van der Waals surface area contributed by atoms with Crippen molar-refractivity contribution in [3.8, 4) is 0 Å². The minimum Gasteiger partial charge on any atom is -0.467 e. The van der Waals surface area contributed by atoms with Crippen LogP contribution in [0.2, 0.25) is 0 Å². The molecule has 0 aromatic carbocycles. The molecule has 0 saturated heterocycles. The third-order valence-electron chi connectivity index (χ3n) is 1.73. The highest BCUT2D eigenvalue weighted by Crippen LogP contribution is 1.86. The number of nitrogens with one attached hydrogen (secondary N) is 2. The number of carbonyl (C=O) groups excluding carboxylic acids is 4. The Hall–Kier alpha value is -2.38. The number of amides is 2. The number of methoxy groups -OCH3 is 2. The van der Waals surface area contributed by atoms with Gasteiger partial charge in [0.25, 0.3) is 0 Å². The first-order chi connectivity index (χ1) is 9.15. The summed E-state index contributed by atoms with van der Waals surface area (Å²) in [6.45, 7) is 7.45. The molecule has 116 valence electrons. The molecule has 0 bridgehead atoms. The van der Waals surface area contributed by atoms with Gasteiger partial charge in [-0.1, -0.05) is 6.58 Å². The lowest BCUT2D eigenvalue weighted by atomic mass is 10.3. The monoisotopic (exact) mass is 290 g/mol. The van der Waals surface area contributed by atoms with Crippen LogP contribution in [0.25, 0.3) is 0 Å². The number of ether oxygens (including phenoxy) is 2. The van der Waals surface area contributed by atoms with Crippen LogP contribution in [0, 0.1) is 0 Å². The highest BCUT2D eigenvalue weighted by atomic mass is 16.5. The van der Waals surface area contributed by atoms with E-state index in [1.165, 1.54) is 28.1 Å². The first-order valence-electron chi connectivity index (χ1n) is 5.55. The zero-order chi connectivity index (χ0) is 16.3. The van der Waals surface area contributed by atoms with Crippen molar-refractivity contribution in [1.82, 2.24) is 10.6 Å². The van der Waals surface area contributed by atoms with Crippen molar-refractivity contribution in [2.24, 2.45) is 0 Å². The van der Waals surface area contributed by atoms with Crippen molar-refractivity contribution in [2.75, 3.05) is 14.2 Å². The summed E-state index contributed by atoms with van der Waals surface area (Å²) in [4.78, 5) is 41.8. The Morgan fingerprint density at radius 3 is 1.85 bits per heavy atom. The SMILES string of the molecule is C=C(NC(C)=O)C(=O)OC.COC(=O)[C@H](C)NC(C)=O.[HH]. The molecule has 0 aliphatic heterocycles. The Balaban J connectivity index is -0.000000295. The molecule has 0 aliphatic carbocycles. The molecular weight excluding hydrogens is 268 g/mol. The molecule has 8 heteroatoms. The van der Waals surface area contributed by atoms with Crippen molar-refractivity contribution in [3.63, 3.8) is 0 Å². The van der Waals surface area contributed by atoms with Gasteiger partial charge in [0.15, 0.2) is 0 Å². The van der Waals surface area contributed by atoms with Crippen LogP contribution in [0.5, 0.6) is 0 Å². The lowest BCUT2D eigenvalue weighted by Gasteiger charge is -2.08. The molecule has 0 aromatic rings. The molecule has 1 atom stereocenters. The van der Waals surface area contributed by atoms with Crippen LogP contribution in [0.1, 0.15) is 22.2 Å². The van der Waals surface area contributed by atoms with Gasteiger partial charge in [-0.25, -0.2) is 9.59 Å². The van der Waals surface area contributed by atoms with Crippen molar-refractivity contribution >= 4 is 23.8 Å². The maximum absolute atomic E-state index is 10.6. The zero-order valence-electron chi connectivity index (χ0n) is 12.2. The van der Waals surface area contributed by atoms with Gasteiger partial charge in [0, 0.05) is 15.3 Å². The highest BCUT2D eigenvalue weighted by Gasteiger charge is 2.12. The van der Waals surface area contributed by atoms with Crippen LogP contribution in [0.15, 0.2) is 12.3 Å². The summed E-state index contributed by atoms with van der Waals surface area (Å²) in [7, 11) is 2.50. The summed E-state index contributed by atoms with van der Waals surface area (Å²) < 4.78 is 8.62. The second kappa shape index (κ2) is 10.5. The number of rotatable bonds is 4. The lowest BCUT2D eigenvalue weighted by molar-refractivity contribution is -0.144. The summed E-state index contributed by atoms with van der Waals surface area (Å²) >= 11 is 0. The molecule has 0 spiro atoms. The highest BCUT2D eigenvalue weighted by molar-refractivity contribution is 5.92. The Morgan fingerprint density at radius 2 is 1.55 bits per heavy atom. The van der Waals surface area contributed by atoms with E-state index in [0.717, 1.165) is 0 Å². The second-order valence-corrected chi connectivity index (χ2v) is 3.60. The van der Waals surface area contributed by atoms with Crippen molar-refractivity contribution in [1.29, 1.82) is 0 Å². The fraction of sp³-hybridized carbons (Fsp3) is 0.500. The molecule has 0 rings (SSSR count). The number of esters is 2. The van der Waals surface area contributed by atoms with Gasteiger partial charge in [-0.3, -0.25) is 9.59 Å². The van der Waals surface area contributed by atoms with Crippen LogP contribution < -0.4 is 10.6 Å². The normalized spacial score (nSPS) is 10.1. The molecule has 20 heavy (non-hydrogen) atoms. The fourth-order valence-electron chi connectivity index (χ4n) is 0.927. The van der Waals surface area contributed by atoms with E-state index in [0.29, 0.717) is 0 Å². The molecule has 0 saturated carbocycles. The van der Waals surface area contributed by atoms with Gasteiger partial charge in [-0.15, -0.1) is 0 Å². The van der Waals surface area contributed by atoms with E-state index in [1.807, 2.05) is 0 Å². The van der Waals surface area contributed by atoms with Crippen molar-refractivity contribution < 1.29 is 30.1 Å². The molecule has 0 radical (unpaired) electrons. The van der Waals surface area contributed by atoms with E-state index in [1.54, 1.807) is 6.92 Å². The summed E-state index contributed by atoms with van der Waals surface area (Å²) in [5, 5.41) is 4.57. The largest absolute Gasteiger partial charge is 0.467 e. The summed E-state index contributed by atoms with van der Waals surface area (Å²) in [6, 6.07) is -0.553. The maximum Gasteiger partial charge on any atom is 0.353 e. The molecule has 8 nitrogen and oxygen atoms in total. The molecule has 0 unspecified atom stereocenters. The average molecular weight is 290 g/mol. The summed E-state index contributed by atoms with van der Waals surface area (Å²) in [6.07, 6.45) is 0. The van der Waals surface area contributed by atoms with E-state index in [9.17, 15) is 19.2 Å². The van der Waals surface area contributed by atoms with Crippen molar-refractivity contribution in [2.45, 2.75) is 26.8 Å². The van der Waals surface area contributed by atoms with Gasteiger partial charge < -0.3 is 20.1 Å². The fourth-order valence-corrected chi connectivity index (χ4v) is 0.927. The summed E-state index contributed by atoms with van der Waals surface area (Å²) in [5.74, 6) is -1.64. The predicted octanol–water partition coefficient (Wildman–Crippen LogP) is -0.261. The number of hydrogen-bond acceptors (Lipinski definition) is 6. The van der Waals surface area contributed by atoms with E-state index >= 15 is 0 Å². The third kappa shape index (κ3) is 10.8. The smallest absolute Gasteiger partial charge is 0.353 e. The minimum atomic E-state index is -0.629. The van der Waals surface area contributed by atoms with Crippen LogP contribution >= 0.6 is 0 Å². The van der Waals surface area contributed by atoms with Crippen LogP contribution in [0.4, 0.5) is 0 Å². The van der Waals surface area contributed by atoms with Crippen LogP contribution in [-0.2, 0) is 28.7 Å². The summed E-state index contributed by atoms with van der Waals surface area (Å²) in [5.41, 5.74) is -0.0463. The standard InChI is InChI=1S/C6H11NO3.C6H9NO3.H2/c2*1-4(6(9)10-3)7-5(2)8;/h4H,1-3H3,(H,7,8);1H2,2-3H3,(H,7,8);1H/t4-;;/m0../s1. The van der Waals surface area contributed by atoms with E-state index < -0.39 is 18.0 Å². The molecule has 0 fully saturated rings. The third-order valence-corrected chi connectivity index (χ3v) is 1.73. The van der Waals surface area contributed by atoms with E-state index in [-0.39, 0.29) is 18.9 Å². The Bertz CT molecular complexity index is 397. The molecule has 0 aromatic heterocycles. The van der Waals surface area contributed by atoms with Gasteiger partial charge >= 0.3 is 11.9 Å². The molecule has 2 N–H and O–H groups in total. The topological polar surface area (TPSA) is 111 Å². The van der Waals surface area contributed by atoms with Gasteiger partial charge in [0.2, 0.25) is 11.8 Å². The Labute approximate surface area is 119 Å². The number of hydrogen-bond donors (Lipinski definition) is 2. The Kier molecular flexibility index (Phi) is 10.5. The molecule has 2 amide bonds. The first-order valence-corrected chi connectivity index (χ1v) is 5.55. The zero-order valence-corrected chi connectivity index (χ0v) is 12.2. The van der Waals surface area contributed by atoms with E-state index in [2.05, 4.69) is 26.7 Å². The minimum absolute atomic E-state index is 0. The van der Waals surface area contributed by atoms with Crippen LogP contribution in [0.3, 0.4) is 0 Å². The first kappa shape index (κ1) is 19.9. The van der Waals surface area contributed by atoms with Gasteiger partial charge in [0.05, 0.1) is 14.2 Å². The maximum atomic E-state index is 10.6. The molecular formula is C12H22N2O6. The molecule has 0 aliphatic rings. The van der Waals surface area contributed by atoms with Gasteiger partial charge in [-0.2, -0.15) is 0 Å².